The highest BCUT2D eigenvalue weighted by Crippen LogP contribution is 2.64. The molecule has 0 amide bonds. The molecule has 3 aliphatic heterocycles. The number of rotatable bonds is 4. The van der Waals surface area contributed by atoms with E-state index in [4.69, 9.17) is 18.9 Å². The number of carbonyl (C=O) groups excluding carboxylic acids is 2. The first kappa shape index (κ1) is 15.0. The van der Waals surface area contributed by atoms with Gasteiger partial charge in [0, 0.05) is 11.6 Å². The van der Waals surface area contributed by atoms with E-state index in [0.29, 0.717) is 6.42 Å². The maximum Gasteiger partial charge on any atom is 0.313 e. The Kier molecular flexibility index (Phi) is 3.42. The topological polar surface area (TPSA) is 71.1 Å². The number of hydrogen-bond acceptors (Lipinski definition) is 6. The summed E-state index contributed by atoms with van der Waals surface area (Å²) in [5.74, 6) is -2.36. The van der Waals surface area contributed by atoms with Gasteiger partial charge in [-0.15, -0.1) is 0 Å². The molecule has 2 fully saturated rings. The summed E-state index contributed by atoms with van der Waals surface area (Å²) in [5, 5.41) is 0. The minimum atomic E-state index is -0.988. The van der Waals surface area contributed by atoms with Gasteiger partial charge in [0.25, 0.3) is 0 Å². The Hall–Kier alpha value is -0.920. The Morgan fingerprint density at radius 2 is 2.19 bits per heavy atom. The number of cyclic esters (lactones) is 1. The molecule has 6 nitrogen and oxygen atoms in total. The highest BCUT2D eigenvalue weighted by Gasteiger charge is 2.78. The lowest BCUT2D eigenvalue weighted by Crippen LogP contribution is -2.47. The zero-order valence-corrected chi connectivity index (χ0v) is 13.6. The highest BCUT2D eigenvalue weighted by atomic mass is 79.9. The van der Waals surface area contributed by atoms with Gasteiger partial charge < -0.3 is 18.9 Å². The van der Waals surface area contributed by atoms with Gasteiger partial charge in [0.05, 0.1) is 13.7 Å². The van der Waals surface area contributed by atoms with Gasteiger partial charge in [0.1, 0.15) is 23.5 Å². The van der Waals surface area contributed by atoms with Crippen LogP contribution in [0.15, 0.2) is 10.6 Å². The highest BCUT2D eigenvalue weighted by molar-refractivity contribution is 9.11. The molecule has 0 aliphatic carbocycles. The average molecular weight is 361 g/mol. The molecular weight excluding hydrogens is 344 g/mol. The number of ether oxygens (including phenoxy) is 4. The normalized spacial score (nSPS) is 43.5. The number of halogens is 1. The quantitative estimate of drug-likeness (QED) is 0.701. The summed E-state index contributed by atoms with van der Waals surface area (Å²) in [4.78, 5) is 24.6. The monoisotopic (exact) mass is 360 g/mol. The molecule has 21 heavy (non-hydrogen) atoms. The molecule has 116 valence electrons. The zero-order chi connectivity index (χ0) is 15.4. The third-order valence-corrected chi connectivity index (χ3v) is 5.46. The predicted octanol–water partition coefficient (Wildman–Crippen LogP) is 1.17. The fourth-order valence-electron chi connectivity index (χ4n) is 3.88. The van der Waals surface area contributed by atoms with Crippen molar-refractivity contribution in [2.24, 2.45) is 11.8 Å². The van der Waals surface area contributed by atoms with Crippen molar-refractivity contribution in [1.29, 1.82) is 0 Å². The van der Waals surface area contributed by atoms with Gasteiger partial charge in [-0.3, -0.25) is 9.59 Å². The number of carbonyl (C=O) groups is 2. The maximum atomic E-state index is 12.3. The van der Waals surface area contributed by atoms with Crippen LogP contribution in [-0.4, -0.2) is 50.1 Å². The molecule has 5 atom stereocenters. The first-order valence-corrected chi connectivity index (χ1v) is 7.62. The van der Waals surface area contributed by atoms with Gasteiger partial charge in [-0.2, -0.15) is 0 Å². The molecule has 0 N–H and O–H groups in total. The Bertz CT molecular complexity index is 532. The molecule has 2 bridgehead atoms. The Morgan fingerprint density at radius 3 is 2.76 bits per heavy atom. The lowest BCUT2D eigenvalue weighted by atomic mass is 9.70. The van der Waals surface area contributed by atoms with Crippen molar-refractivity contribution in [3.8, 4) is 0 Å². The molecule has 3 rings (SSSR count). The van der Waals surface area contributed by atoms with Crippen LogP contribution in [-0.2, 0) is 28.5 Å². The molecule has 0 radical (unpaired) electrons. The first-order valence-electron chi connectivity index (χ1n) is 6.83. The van der Waals surface area contributed by atoms with Crippen molar-refractivity contribution < 1.29 is 28.5 Å². The van der Waals surface area contributed by atoms with Crippen LogP contribution in [0.5, 0.6) is 0 Å². The molecule has 0 unspecified atom stereocenters. The van der Waals surface area contributed by atoms with Crippen LogP contribution in [0.25, 0.3) is 0 Å². The summed E-state index contributed by atoms with van der Waals surface area (Å²) >= 11 is 3.50. The van der Waals surface area contributed by atoms with Gasteiger partial charge in [-0.05, 0) is 12.5 Å². The van der Waals surface area contributed by atoms with Crippen molar-refractivity contribution in [1.82, 2.24) is 0 Å². The van der Waals surface area contributed by atoms with E-state index >= 15 is 0 Å². The third kappa shape index (κ3) is 1.65. The van der Waals surface area contributed by atoms with Gasteiger partial charge in [-0.1, -0.05) is 22.9 Å². The lowest BCUT2D eigenvalue weighted by Gasteiger charge is -2.29. The largest absolute Gasteiger partial charge is 0.469 e. The second-order valence-corrected chi connectivity index (χ2v) is 6.44. The Balaban J connectivity index is 2.15. The molecule has 0 aromatic rings. The lowest BCUT2D eigenvalue weighted by molar-refractivity contribution is -0.165. The molecule has 0 saturated carbocycles. The molecule has 1 spiro atoms. The average Bonchev–Trinajstić information content (AvgIpc) is 3.00. The number of fused-ring (bicyclic) bond motifs is 1. The number of methoxy groups -OCH3 is 2. The van der Waals surface area contributed by atoms with Crippen LogP contribution in [0.4, 0.5) is 0 Å². The van der Waals surface area contributed by atoms with Crippen molar-refractivity contribution in [2.75, 3.05) is 20.8 Å². The molecule has 3 heterocycles. The fourth-order valence-corrected chi connectivity index (χ4v) is 4.85. The van der Waals surface area contributed by atoms with Gasteiger partial charge in [0.15, 0.2) is 5.60 Å². The van der Waals surface area contributed by atoms with Gasteiger partial charge in [0.2, 0.25) is 0 Å². The smallest absolute Gasteiger partial charge is 0.313 e. The van der Waals surface area contributed by atoms with Crippen LogP contribution < -0.4 is 0 Å². The van der Waals surface area contributed by atoms with E-state index in [-0.39, 0.29) is 6.61 Å². The second kappa shape index (κ2) is 4.79. The van der Waals surface area contributed by atoms with E-state index in [1.807, 2.05) is 13.0 Å². The van der Waals surface area contributed by atoms with Crippen LogP contribution in [0, 0.1) is 11.8 Å². The van der Waals surface area contributed by atoms with E-state index in [2.05, 4.69) is 15.9 Å². The van der Waals surface area contributed by atoms with Gasteiger partial charge in [-0.25, -0.2) is 0 Å². The van der Waals surface area contributed by atoms with Crippen molar-refractivity contribution in [3.05, 3.63) is 10.6 Å². The van der Waals surface area contributed by atoms with Gasteiger partial charge >= 0.3 is 11.9 Å². The molecule has 2 saturated heterocycles. The van der Waals surface area contributed by atoms with E-state index in [1.54, 1.807) is 0 Å². The minimum Gasteiger partial charge on any atom is -0.469 e. The predicted molar refractivity (Wildman–Crippen MR) is 74.6 cm³/mol. The SMILES string of the molecule is CC[C@H]1OC(=O)[C@H]2[C@H](C(=O)OC)[C@]3(COC)C=C(Br)[C@]12O3. The summed E-state index contributed by atoms with van der Waals surface area (Å²) in [6.45, 7) is 2.09. The summed E-state index contributed by atoms with van der Waals surface area (Å²) in [5.41, 5.74) is -1.93. The van der Waals surface area contributed by atoms with Crippen LogP contribution in [0.3, 0.4) is 0 Å². The third-order valence-electron chi connectivity index (χ3n) is 4.61. The molecule has 0 aromatic carbocycles. The fraction of sp³-hybridized carbons (Fsp3) is 0.714. The molecular formula is C14H17BrO6. The Morgan fingerprint density at radius 1 is 1.48 bits per heavy atom. The maximum absolute atomic E-state index is 12.3. The van der Waals surface area contributed by atoms with E-state index in [0.717, 1.165) is 4.48 Å². The van der Waals surface area contributed by atoms with Crippen molar-refractivity contribution >= 4 is 27.9 Å². The van der Waals surface area contributed by atoms with Crippen LogP contribution >= 0.6 is 15.9 Å². The summed E-state index contributed by atoms with van der Waals surface area (Å²) in [7, 11) is 2.83. The summed E-state index contributed by atoms with van der Waals surface area (Å²) < 4.78 is 22.5. The van der Waals surface area contributed by atoms with Crippen LogP contribution in [0.1, 0.15) is 13.3 Å². The summed E-state index contributed by atoms with van der Waals surface area (Å²) in [6.07, 6.45) is 2.00. The van der Waals surface area contributed by atoms with E-state index < -0.39 is 41.1 Å². The number of esters is 2. The summed E-state index contributed by atoms with van der Waals surface area (Å²) in [6, 6.07) is 0. The van der Waals surface area contributed by atoms with E-state index in [9.17, 15) is 9.59 Å². The van der Waals surface area contributed by atoms with Crippen molar-refractivity contribution in [2.45, 2.75) is 30.7 Å². The molecule has 7 heteroatoms. The zero-order valence-electron chi connectivity index (χ0n) is 12.1. The molecule has 3 aliphatic rings. The minimum absolute atomic E-state index is 0.170. The number of hydrogen-bond donors (Lipinski definition) is 0. The second-order valence-electron chi connectivity index (χ2n) is 5.59. The Labute approximate surface area is 130 Å². The molecule has 0 aromatic heterocycles. The first-order chi connectivity index (χ1) is 9.96. The van der Waals surface area contributed by atoms with Crippen LogP contribution in [0.2, 0.25) is 0 Å². The van der Waals surface area contributed by atoms with E-state index in [1.165, 1.54) is 14.2 Å². The van der Waals surface area contributed by atoms with Crippen molar-refractivity contribution in [3.63, 3.8) is 0 Å². The standard InChI is InChI=1S/C14H17BrO6/c1-4-8-14-7(15)5-13(21-14,6-18-2)9(11(16)19-3)10(14)12(17)20-8/h5,8-10H,4,6H2,1-3H3/t8-,9-,10-,13-,14+/m1/s1.